The Hall–Kier alpha value is -2.82. The molecule has 0 bridgehead atoms. The number of aromatic amines is 1. The number of carboxylic acids is 1. The number of ether oxygens (including phenoxy) is 1. The van der Waals surface area contributed by atoms with Gasteiger partial charge in [-0.15, -0.1) is 0 Å². The molecule has 0 aliphatic carbocycles. The van der Waals surface area contributed by atoms with E-state index < -0.39 is 5.97 Å². The van der Waals surface area contributed by atoms with Crippen molar-refractivity contribution in [3.05, 3.63) is 47.2 Å². The molecule has 5 heteroatoms. The van der Waals surface area contributed by atoms with Crippen LogP contribution in [0.25, 0.3) is 22.3 Å². The summed E-state index contributed by atoms with van der Waals surface area (Å²) in [5.41, 5.74) is 4.04. The predicted molar refractivity (Wildman–Crippen MR) is 84.5 cm³/mol. The van der Waals surface area contributed by atoms with Gasteiger partial charge in [0.25, 0.3) is 0 Å². The Kier molecular flexibility index (Phi) is 3.33. The van der Waals surface area contributed by atoms with E-state index in [0.29, 0.717) is 11.3 Å². The van der Waals surface area contributed by atoms with Crippen LogP contribution in [0.15, 0.2) is 30.3 Å². The zero-order valence-corrected chi connectivity index (χ0v) is 12.6. The van der Waals surface area contributed by atoms with Crippen LogP contribution in [0.5, 0.6) is 5.75 Å². The van der Waals surface area contributed by atoms with Crippen LogP contribution in [0.3, 0.4) is 0 Å². The second-order valence-corrected chi connectivity index (χ2v) is 5.23. The van der Waals surface area contributed by atoms with E-state index in [1.807, 2.05) is 24.3 Å². The lowest BCUT2D eigenvalue weighted by Gasteiger charge is -2.07. The Morgan fingerprint density at radius 1 is 1.23 bits per heavy atom. The van der Waals surface area contributed by atoms with Crippen molar-refractivity contribution < 1.29 is 14.6 Å². The zero-order valence-electron chi connectivity index (χ0n) is 12.6. The lowest BCUT2D eigenvalue weighted by atomic mass is 10.1. The molecule has 0 amide bonds. The first-order chi connectivity index (χ1) is 10.5. The molecule has 0 aliphatic heterocycles. The number of hydrogen-bond acceptors (Lipinski definition) is 3. The van der Waals surface area contributed by atoms with Gasteiger partial charge >= 0.3 is 5.97 Å². The SMILES string of the molecule is COc1ccc2[nH]c(-c3cc(C)c(C(=O)O)c(C)n3)cc2c1. The number of benzene rings is 1. The van der Waals surface area contributed by atoms with Crippen LogP contribution in [0.2, 0.25) is 0 Å². The molecular formula is C17H16N2O3. The lowest BCUT2D eigenvalue weighted by Crippen LogP contribution is -2.05. The Balaban J connectivity index is 2.13. The van der Waals surface area contributed by atoms with Crippen molar-refractivity contribution in [1.29, 1.82) is 0 Å². The molecule has 0 fully saturated rings. The van der Waals surface area contributed by atoms with Crippen molar-refractivity contribution in [3.63, 3.8) is 0 Å². The van der Waals surface area contributed by atoms with E-state index in [2.05, 4.69) is 9.97 Å². The quantitative estimate of drug-likeness (QED) is 0.775. The first-order valence-corrected chi connectivity index (χ1v) is 6.88. The minimum atomic E-state index is -0.949. The molecule has 3 rings (SSSR count). The van der Waals surface area contributed by atoms with Gasteiger partial charge in [-0.2, -0.15) is 0 Å². The Morgan fingerprint density at radius 2 is 2.00 bits per heavy atom. The number of pyridine rings is 1. The summed E-state index contributed by atoms with van der Waals surface area (Å²) in [5, 5.41) is 10.2. The molecule has 2 heterocycles. The van der Waals surface area contributed by atoms with Crippen molar-refractivity contribution in [3.8, 4) is 17.1 Å². The molecule has 0 saturated carbocycles. The standard InChI is InChI=1S/C17H16N2O3/c1-9-6-14(18-10(2)16(9)17(20)21)15-8-11-7-12(22-3)4-5-13(11)19-15/h4-8,19H,1-3H3,(H,20,21). The van der Waals surface area contributed by atoms with Gasteiger partial charge < -0.3 is 14.8 Å². The van der Waals surface area contributed by atoms with Crippen LogP contribution >= 0.6 is 0 Å². The Bertz CT molecular complexity index is 858. The molecule has 2 N–H and O–H groups in total. The van der Waals surface area contributed by atoms with Crippen molar-refractivity contribution in [2.24, 2.45) is 0 Å². The van der Waals surface area contributed by atoms with Gasteiger partial charge in [-0.25, -0.2) is 4.79 Å². The third-order valence-corrected chi connectivity index (χ3v) is 3.72. The van der Waals surface area contributed by atoms with E-state index in [1.165, 1.54) is 0 Å². The number of H-pyrrole nitrogens is 1. The van der Waals surface area contributed by atoms with E-state index in [-0.39, 0.29) is 5.56 Å². The fourth-order valence-corrected chi connectivity index (χ4v) is 2.67. The number of carboxylic acid groups (broad SMARTS) is 1. The van der Waals surface area contributed by atoms with Crippen molar-refractivity contribution in [1.82, 2.24) is 9.97 Å². The van der Waals surface area contributed by atoms with E-state index >= 15 is 0 Å². The van der Waals surface area contributed by atoms with Gasteiger partial charge in [0.15, 0.2) is 0 Å². The highest BCUT2D eigenvalue weighted by molar-refractivity contribution is 5.91. The number of carbonyl (C=O) groups is 1. The smallest absolute Gasteiger partial charge is 0.337 e. The number of hydrogen-bond donors (Lipinski definition) is 2. The predicted octanol–water partition coefficient (Wildman–Crippen LogP) is 3.55. The van der Waals surface area contributed by atoms with E-state index in [1.54, 1.807) is 27.0 Å². The summed E-state index contributed by atoms with van der Waals surface area (Å²) in [6.45, 7) is 3.50. The first kappa shape index (κ1) is 14.1. The van der Waals surface area contributed by atoms with E-state index in [0.717, 1.165) is 28.0 Å². The molecular weight excluding hydrogens is 280 g/mol. The average Bonchev–Trinajstić information content (AvgIpc) is 2.88. The minimum absolute atomic E-state index is 0.265. The topological polar surface area (TPSA) is 75.2 Å². The number of aryl methyl sites for hydroxylation is 2. The van der Waals surface area contributed by atoms with Gasteiger partial charge in [0.05, 0.1) is 29.8 Å². The summed E-state index contributed by atoms with van der Waals surface area (Å²) in [4.78, 5) is 19.0. The fourth-order valence-electron chi connectivity index (χ4n) is 2.67. The fraction of sp³-hybridized carbons (Fsp3) is 0.176. The third-order valence-electron chi connectivity index (χ3n) is 3.72. The van der Waals surface area contributed by atoms with Crippen molar-refractivity contribution in [2.75, 3.05) is 7.11 Å². The molecule has 22 heavy (non-hydrogen) atoms. The van der Waals surface area contributed by atoms with Crippen LogP contribution < -0.4 is 4.74 Å². The van der Waals surface area contributed by atoms with Gasteiger partial charge in [-0.3, -0.25) is 4.98 Å². The van der Waals surface area contributed by atoms with Gasteiger partial charge in [0.2, 0.25) is 0 Å². The third kappa shape index (κ3) is 2.30. The van der Waals surface area contributed by atoms with Gasteiger partial charge in [0.1, 0.15) is 5.75 Å². The summed E-state index contributed by atoms with van der Waals surface area (Å²) in [6, 6.07) is 9.56. The molecule has 112 valence electrons. The van der Waals surface area contributed by atoms with Crippen LogP contribution in [-0.4, -0.2) is 28.2 Å². The molecule has 2 aromatic heterocycles. The molecule has 3 aromatic rings. The molecule has 0 aliphatic rings. The maximum atomic E-state index is 11.2. The summed E-state index contributed by atoms with van der Waals surface area (Å²) in [6.07, 6.45) is 0. The summed E-state index contributed by atoms with van der Waals surface area (Å²) in [7, 11) is 1.63. The number of aromatic nitrogens is 2. The first-order valence-electron chi connectivity index (χ1n) is 6.88. The number of nitrogens with one attached hydrogen (secondary N) is 1. The zero-order chi connectivity index (χ0) is 15.9. The van der Waals surface area contributed by atoms with Crippen LogP contribution in [0.4, 0.5) is 0 Å². The number of fused-ring (bicyclic) bond motifs is 1. The second-order valence-electron chi connectivity index (χ2n) is 5.23. The normalized spacial score (nSPS) is 10.9. The summed E-state index contributed by atoms with van der Waals surface area (Å²) in [5.74, 6) is -0.157. The summed E-state index contributed by atoms with van der Waals surface area (Å²) >= 11 is 0. The minimum Gasteiger partial charge on any atom is -0.497 e. The summed E-state index contributed by atoms with van der Waals surface area (Å²) < 4.78 is 5.22. The van der Waals surface area contributed by atoms with E-state index in [4.69, 9.17) is 4.74 Å². The molecule has 0 unspecified atom stereocenters. The maximum absolute atomic E-state index is 11.2. The lowest BCUT2D eigenvalue weighted by molar-refractivity contribution is 0.0695. The molecule has 1 aromatic carbocycles. The van der Waals surface area contributed by atoms with Crippen LogP contribution in [0, 0.1) is 13.8 Å². The molecule has 0 spiro atoms. The van der Waals surface area contributed by atoms with E-state index in [9.17, 15) is 9.90 Å². The van der Waals surface area contributed by atoms with Crippen molar-refractivity contribution in [2.45, 2.75) is 13.8 Å². The van der Waals surface area contributed by atoms with Gasteiger partial charge in [0, 0.05) is 10.9 Å². The highest BCUT2D eigenvalue weighted by Crippen LogP contribution is 2.27. The Labute approximate surface area is 127 Å². The van der Waals surface area contributed by atoms with Gasteiger partial charge in [-0.1, -0.05) is 0 Å². The maximum Gasteiger partial charge on any atom is 0.337 e. The monoisotopic (exact) mass is 296 g/mol. The van der Waals surface area contributed by atoms with Crippen LogP contribution in [0.1, 0.15) is 21.6 Å². The number of rotatable bonds is 3. The highest BCUT2D eigenvalue weighted by Gasteiger charge is 2.15. The van der Waals surface area contributed by atoms with Gasteiger partial charge in [-0.05, 0) is 49.7 Å². The number of methoxy groups -OCH3 is 1. The molecule has 0 saturated heterocycles. The van der Waals surface area contributed by atoms with Crippen molar-refractivity contribution >= 4 is 16.9 Å². The van der Waals surface area contributed by atoms with Crippen LogP contribution in [-0.2, 0) is 0 Å². The number of aromatic carboxylic acids is 1. The molecule has 0 atom stereocenters. The second kappa shape index (κ2) is 5.18. The average molecular weight is 296 g/mol. The molecule has 5 nitrogen and oxygen atoms in total. The largest absolute Gasteiger partial charge is 0.497 e. The Morgan fingerprint density at radius 3 is 2.64 bits per heavy atom. The molecule has 0 radical (unpaired) electrons. The number of nitrogens with zero attached hydrogens (tertiary/aromatic N) is 1. The highest BCUT2D eigenvalue weighted by atomic mass is 16.5.